The summed E-state index contributed by atoms with van der Waals surface area (Å²) in [5.41, 5.74) is 1.14. The van der Waals surface area contributed by atoms with E-state index in [2.05, 4.69) is 84.2 Å². The van der Waals surface area contributed by atoms with E-state index >= 15 is 0 Å². The highest BCUT2D eigenvalue weighted by Crippen LogP contribution is 2.50. The standard InChI is InChI=1S/C30H52NO6PSi/c1-9-25-26(18-21(2)33-25)35-38(36-29(24-16-13-17-31-24)23-14-11-10-12-15-23)32-20-28-27(19-22(3)34-28)37-39(7,8)30(4,5)6/h10-12,14-15,21-22,24-29,31H,9,13,16-20H2,1-8H3/t21-,22-,24-,25+,26?,27?,28+,29+,38+/m0/s1. The van der Waals surface area contributed by atoms with E-state index < -0.39 is 16.9 Å². The molecule has 0 saturated carbocycles. The summed E-state index contributed by atoms with van der Waals surface area (Å²) in [6.07, 6.45) is 4.84. The summed E-state index contributed by atoms with van der Waals surface area (Å²) in [4.78, 5) is 0. The van der Waals surface area contributed by atoms with Crippen molar-refractivity contribution in [1.82, 2.24) is 5.32 Å². The molecule has 3 aliphatic rings. The second-order valence-electron chi connectivity index (χ2n) is 13.1. The first-order valence-electron chi connectivity index (χ1n) is 15.0. The van der Waals surface area contributed by atoms with E-state index in [9.17, 15) is 0 Å². The van der Waals surface area contributed by atoms with Crippen LogP contribution in [0.3, 0.4) is 0 Å². The molecule has 1 aromatic rings. The smallest absolute Gasteiger partial charge is 0.333 e. The quantitative estimate of drug-likeness (QED) is 0.206. The van der Waals surface area contributed by atoms with Gasteiger partial charge >= 0.3 is 8.60 Å². The lowest BCUT2D eigenvalue weighted by molar-refractivity contribution is -0.0248. The van der Waals surface area contributed by atoms with E-state index in [-0.39, 0.29) is 53.8 Å². The summed E-state index contributed by atoms with van der Waals surface area (Å²) in [6.45, 7) is 19.2. The van der Waals surface area contributed by atoms with Gasteiger partial charge in [-0.15, -0.1) is 0 Å². The Hall–Kier alpha value is -0.413. The third-order valence-electron chi connectivity index (χ3n) is 8.78. The minimum atomic E-state index is -1.95. The number of nitrogens with one attached hydrogen (secondary N) is 1. The van der Waals surface area contributed by atoms with Gasteiger partial charge in [-0.05, 0) is 63.4 Å². The van der Waals surface area contributed by atoms with Crippen molar-refractivity contribution >= 4 is 16.9 Å². The van der Waals surface area contributed by atoms with Crippen LogP contribution in [0.15, 0.2) is 30.3 Å². The minimum Gasteiger partial charge on any atom is -0.411 e. The van der Waals surface area contributed by atoms with E-state index in [0.717, 1.165) is 44.2 Å². The Morgan fingerprint density at radius 1 is 1.03 bits per heavy atom. The van der Waals surface area contributed by atoms with E-state index in [1.54, 1.807) is 0 Å². The van der Waals surface area contributed by atoms with Crippen molar-refractivity contribution in [2.75, 3.05) is 13.2 Å². The molecule has 3 heterocycles. The molecular weight excluding hydrogens is 529 g/mol. The molecule has 7 nitrogen and oxygen atoms in total. The summed E-state index contributed by atoms with van der Waals surface area (Å²) in [7, 11) is -3.61. The van der Waals surface area contributed by atoms with Crippen LogP contribution in [0.25, 0.3) is 0 Å². The molecule has 0 spiro atoms. The molecule has 1 aromatic carbocycles. The van der Waals surface area contributed by atoms with Crippen molar-refractivity contribution in [2.45, 2.75) is 141 Å². The maximum Gasteiger partial charge on any atom is 0.333 e. The van der Waals surface area contributed by atoms with Crippen molar-refractivity contribution in [3.8, 4) is 0 Å². The topological polar surface area (TPSA) is 67.4 Å². The van der Waals surface area contributed by atoms with Crippen LogP contribution in [0.2, 0.25) is 18.1 Å². The van der Waals surface area contributed by atoms with Crippen molar-refractivity contribution in [2.24, 2.45) is 0 Å². The Bertz CT molecular complexity index is 880. The lowest BCUT2D eigenvalue weighted by Crippen LogP contribution is -2.46. The fourth-order valence-electron chi connectivity index (χ4n) is 5.54. The number of hydrogen-bond donors (Lipinski definition) is 1. The molecule has 39 heavy (non-hydrogen) atoms. The molecule has 0 amide bonds. The first kappa shape index (κ1) is 31.5. The van der Waals surface area contributed by atoms with Gasteiger partial charge in [-0.2, -0.15) is 0 Å². The summed E-state index contributed by atoms with van der Waals surface area (Å²) in [6, 6.07) is 10.7. The van der Waals surface area contributed by atoms with Crippen LogP contribution in [0.1, 0.15) is 85.3 Å². The zero-order valence-electron chi connectivity index (χ0n) is 25.4. The van der Waals surface area contributed by atoms with Crippen LogP contribution < -0.4 is 5.32 Å². The zero-order valence-corrected chi connectivity index (χ0v) is 27.2. The molecule has 4 rings (SSSR count). The second-order valence-corrected chi connectivity index (χ2v) is 19.0. The average molecular weight is 582 g/mol. The highest BCUT2D eigenvalue weighted by Gasteiger charge is 2.45. The summed E-state index contributed by atoms with van der Waals surface area (Å²) >= 11 is 0. The molecular formula is C30H52NO6PSi. The van der Waals surface area contributed by atoms with Crippen molar-refractivity contribution in [1.29, 1.82) is 0 Å². The Balaban J connectivity index is 1.50. The summed E-state index contributed by atoms with van der Waals surface area (Å²) in [5.74, 6) is 0. The molecule has 9 atom stereocenters. The Labute approximate surface area is 239 Å². The predicted octanol–water partition coefficient (Wildman–Crippen LogP) is 7.28. The Kier molecular flexibility index (Phi) is 11.1. The lowest BCUT2D eigenvalue weighted by atomic mass is 10.0. The van der Waals surface area contributed by atoms with Crippen LogP contribution >= 0.6 is 8.60 Å². The zero-order chi connectivity index (χ0) is 28.2. The fourth-order valence-corrected chi connectivity index (χ4v) is 8.23. The van der Waals surface area contributed by atoms with Gasteiger partial charge in [0.2, 0.25) is 0 Å². The number of rotatable bonds is 12. The number of ether oxygens (including phenoxy) is 2. The molecule has 0 aliphatic carbocycles. The average Bonchev–Trinajstić information content (AvgIpc) is 3.61. The van der Waals surface area contributed by atoms with Gasteiger partial charge in [-0.25, -0.2) is 0 Å². The largest absolute Gasteiger partial charge is 0.411 e. The van der Waals surface area contributed by atoms with E-state index in [1.165, 1.54) is 0 Å². The van der Waals surface area contributed by atoms with Gasteiger partial charge in [0.25, 0.3) is 0 Å². The second kappa shape index (κ2) is 13.7. The van der Waals surface area contributed by atoms with Gasteiger partial charge in [0, 0.05) is 18.9 Å². The monoisotopic (exact) mass is 581 g/mol. The third-order valence-corrected chi connectivity index (χ3v) is 14.5. The van der Waals surface area contributed by atoms with E-state index in [1.807, 2.05) is 6.07 Å². The van der Waals surface area contributed by atoms with Gasteiger partial charge in [-0.1, -0.05) is 58.0 Å². The van der Waals surface area contributed by atoms with Gasteiger partial charge in [-0.3, -0.25) is 0 Å². The molecule has 1 N–H and O–H groups in total. The molecule has 222 valence electrons. The van der Waals surface area contributed by atoms with Crippen LogP contribution in [0.5, 0.6) is 0 Å². The van der Waals surface area contributed by atoms with Crippen LogP contribution in [0, 0.1) is 0 Å². The molecule has 3 saturated heterocycles. The third kappa shape index (κ3) is 8.33. The molecule has 3 aliphatic heterocycles. The predicted molar refractivity (Wildman–Crippen MR) is 159 cm³/mol. The SMILES string of the molecule is CC[C@H]1O[C@@H](C)CC1O[P@@](OC[C@H]1O[C@@H](C)CC1O[Si](C)(C)C(C)(C)C)O[C@H](c1ccccc1)[C@@H]1CCCN1. The molecule has 0 radical (unpaired) electrons. The number of benzene rings is 1. The Morgan fingerprint density at radius 3 is 2.31 bits per heavy atom. The molecule has 2 unspecified atom stereocenters. The lowest BCUT2D eigenvalue weighted by Gasteiger charge is -2.39. The van der Waals surface area contributed by atoms with Gasteiger partial charge in [0.15, 0.2) is 8.32 Å². The summed E-state index contributed by atoms with van der Waals surface area (Å²) < 4.78 is 39.3. The van der Waals surface area contributed by atoms with E-state index in [4.69, 9.17) is 27.5 Å². The van der Waals surface area contributed by atoms with Crippen LogP contribution in [-0.4, -0.2) is 64.1 Å². The molecule has 9 heteroatoms. The molecule has 0 bridgehead atoms. The maximum atomic E-state index is 6.82. The van der Waals surface area contributed by atoms with Crippen LogP contribution in [-0.2, 0) is 27.5 Å². The highest BCUT2D eigenvalue weighted by atomic mass is 31.2. The van der Waals surface area contributed by atoms with Crippen molar-refractivity contribution in [3.63, 3.8) is 0 Å². The van der Waals surface area contributed by atoms with Crippen molar-refractivity contribution in [3.05, 3.63) is 35.9 Å². The van der Waals surface area contributed by atoms with Gasteiger partial charge < -0.3 is 32.8 Å². The first-order valence-corrected chi connectivity index (χ1v) is 19.0. The number of hydrogen-bond acceptors (Lipinski definition) is 7. The normalized spacial score (nSPS) is 33.5. The van der Waals surface area contributed by atoms with Crippen molar-refractivity contribution < 1.29 is 27.5 Å². The Morgan fingerprint density at radius 2 is 1.69 bits per heavy atom. The van der Waals surface area contributed by atoms with Crippen LogP contribution in [0.4, 0.5) is 0 Å². The van der Waals surface area contributed by atoms with Gasteiger partial charge in [0.1, 0.15) is 12.2 Å². The van der Waals surface area contributed by atoms with E-state index in [0.29, 0.717) is 6.61 Å². The highest BCUT2D eigenvalue weighted by molar-refractivity contribution is 7.41. The maximum absolute atomic E-state index is 6.82. The summed E-state index contributed by atoms with van der Waals surface area (Å²) in [5, 5.41) is 3.77. The molecule has 0 aromatic heterocycles. The fraction of sp³-hybridized carbons (Fsp3) is 0.800. The minimum absolute atomic E-state index is 0.0115. The first-order chi connectivity index (χ1) is 18.5. The molecule has 3 fully saturated rings. The van der Waals surface area contributed by atoms with Gasteiger partial charge in [0.05, 0.1) is 37.1 Å².